The molecule has 24 heavy (non-hydrogen) atoms. The third-order valence-electron chi connectivity index (χ3n) is 3.72. The van der Waals surface area contributed by atoms with Crippen molar-refractivity contribution in [2.24, 2.45) is 5.10 Å². The van der Waals surface area contributed by atoms with Gasteiger partial charge in [0, 0.05) is 11.4 Å². The first-order valence-electron chi connectivity index (χ1n) is 7.24. The molecule has 1 amide bonds. The Kier molecular flexibility index (Phi) is 4.73. The van der Waals surface area contributed by atoms with E-state index < -0.39 is 5.82 Å². The highest BCUT2D eigenvalue weighted by atomic mass is 35.5. The lowest BCUT2D eigenvalue weighted by Crippen LogP contribution is -2.25. The van der Waals surface area contributed by atoms with E-state index in [-0.39, 0.29) is 28.1 Å². The first-order chi connectivity index (χ1) is 11.4. The van der Waals surface area contributed by atoms with Gasteiger partial charge in [-0.05, 0) is 47.5 Å². The number of rotatable bonds is 3. The standard InChI is InChI=1S/C17H13Cl2FN2O2/c18-13-9-14(19)15(20)7-11(13)8-17(24)22-6-5-16(21-22)10-1-3-12(23)4-2-10/h1-4,7,9,23H,5-6,8H2. The number of amides is 1. The van der Waals surface area contributed by atoms with E-state index in [1.54, 1.807) is 24.3 Å². The van der Waals surface area contributed by atoms with Gasteiger partial charge in [-0.15, -0.1) is 0 Å². The Morgan fingerprint density at radius 1 is 1.21 bits per heavy atom. The summed E-state index contributed by atoms with van der Waals surface area (Å²) in [7, 11) is 0. The highest BCUT2D eigenvalue weighted by Crippen LogP contribution is 2.25. The van der Waals surface area contributed by atoms with Gasteiger partial charge in [-0.25, -0.2) is 9.40 Å². The summed E-state index contributed by atoms with van der Waals surface area (Å²) in [5.74, 6) is -0.712. The molecule has 0 bridgehead atoms. The number of aromatic hydroxyl groups is 1. The van der Waals surface area contributed by atoms with Gasteiger partial charge in [-0.3, -0.25) is 4.79 Å². The molecule has 0 atom stereocenters. The van der Waals surface area contributed by atoms with Gasteiger partial charge < -0.3 is 5.11 Å². The molecule has 0 aromatic heterocycles. The van der Waals surface area contributed by atoms with Crippen LogP contribution in [0.3, 0.4) is 0 Å². The number of phenolic OH excluding ortho intramolecular Hbond substituents is 1. The molecule has 0 spiro atoms. The number of hydrogen-bond donors (Lipinski definition) is 1. The summed E-state index contributed by atoms with van der Waals surface area (Å²) in [6.45, 7) is 0.447. The minimum Gasteiger partial charge on any atom is -0.508 e. The summed E-state index contributed by atoms with van der Waals surface area (Å²) in [5, 5.41) is 15.1. The molecule has 4 nitrogen and oxygen atoms in total. The predicted molar refractivity (Wildman–Crippen MR) is 91.1 cm³/mol. The normalized spacial score (nSPS) is 14.0. The monoisotopic (exact) mass is 366 g/mol. The molecule has 2 aromatic carbocycles. The van der Waals surface area contributed by atoms with Crippen LogP contribution in [0.5, 0.6) is 5.75 Å². The second-order valence-corrected chi connectivity index (χ2v) is 6.21. The molecule has 0 fully saturated rings. The van der Waals surface area contributed by atoms with Crippen LogP contribution in [0.15, 0.2) is 41.5 Å². The number of hydrazone groups is 1. The van der Waals surface area contributed by atoms with E-state index in [0.29, 0.717) is 18.5 Å². The van der Waals surface area contributed by atoms with Gasteiger partial charge in [0.1, 0.15) is 11.6 Å². The number of phenols is 1. The molecule has 1 heterocycles. The molecular formula is C17H13Cl2FN2O2. The van der Waals surface area contributed by atoms with Crippen molar-refractivity contribution in [3.63, 3.8) is 0 Å². The zero-order valence-corrected chi connectivity index (χ0v) is 14.0. The molecule has 0 radical (unpaired) electrons. The zero-order chi connectivity index (χ0) is 17.3. The van der Waals surface area contributed by atoms with E-state index in [1.807, 2.05) is 0 Å². The summed E-state index contributed by atoms with van der Waals surface area (Å²) in [4.78, 5) is 12.4. The number of benzene rings is 2. The van der Waals surface area contributed by atoms with E-state index in [0.717, 1.165) is 11.3 Å². The van der Waals surface area contributed by atoms with E-state index in [1.165, 1.54) is 17.1 Å². The second kappa shape index (κ2) is 6.79. The predicted octanol–water partition coefficient (Wildman–Crippen LogP) is 4.02. The fraction of sp³-hybridized carbons (Fsp3) is 0.176. The summed E-state index contributed by atoms with van der Waals surface area (Å²) < 4.78 is 13.5. The first kappa shape index (κ1) is 16.7. The first-order valence-corrected chi connectivity index (χ1v) is 8.00. The van der Waals surface area contributed by atoms with E-state index in [9.17, 15) is 14.3 Å². The lowest BCUT2D eigenvalue weighted by Gasteiger charge is -2.12. The van der Waals surface area contributed by atoms with Crippen molar-refractivity contribution >= 4 is 34.8 Å². The molecule has 0 aliphatic carbocycles. The quantitative estimate of drug-likeness (QED) is 0.834. The molecule has 0 unspecified atom stereocenters. The van der Waals surface area contributed by atoms with Gasteiger partial charge in [-0.2, -0.15) is 5.10 Å². The van der Waals surface area contributed by atoms with Crippen LogP contribution in [0.2, 0.25) is 10.0 Å². The van der Waals surface area contributed by atoms with Crippen molar-refractivity contribution in [3.05, 3.63) is 63.4 Å². The highest BCUT2D eigenvalue weighted by molar-refractivity contribution is 6.35. The van der Waals surface area contributed by atoms with Gasteiger partial charge >= 0.3 is 0 Å². The van der Waals surface area contributed by atoms with E-state index in [4.69, 9.17) is 23.2 Å². The van der Waals surface area contributed by atoms with Crippen LogP contribution in [0.25, 0.3) is 0 Å². The number of nitrogens with zero attached hydrogens (tertiary/aromatic N) is 2. The molecule has 3 rings (SSSR count). The Bertz CT molecular complexity index is 822. The maximum atomic E-state index is 13.5. The van der Waals surface area contributed by atoms with E-state index in [2.05, 4.69) is 5.10 Å². The molecular weight excluding hydrogens is 354 g/mol. The molecule has 0 saturated heterocycles. The number of hydrogen-bond acceptors (Lipinski definition) is 3. The second-order valence-electron chi connectivity index (χ2n) is 5.39. The Morgan fingerprint density at radius 3 is 2.62 bits per heavy atom. The Hall–Kier alpha value is -2.11. The van der Waals surface area contributed by atoms with Gasteiger partial charge in [0.05, 0.1) is 23.7 Å². The van der Waals surface area contributed by atoms with Crippen LogP contribution in [-0.2, 0) is 11.2 Å². The maximum Gasteiger partial charge on any atom is 0.247 e. The smallest absolute Gasteiger partial charge is 0.247 e. The van der Waals surface area contributed by atoms with Crippen molar-refractivity contribution in [1.82, 2.24) is 5.01 Å². The van der Waals surface area contributed by atoms with Crippen molar-refractivity contribution in [2.45, 2.75) is 12.8 Å². The zero-order valence-electron chi connectivity index (χ0n) is 12.5. The molecule has 7 heteroatoms. The topological polar surface area (TPSA) is 52.9 Å². The molecule has 1 aliphatic rings. The minimum atomic E-state index is -0.612. The molecule has 0 saturated carbocycles. The summed E-state index contributed by atoms with van der Waals surface area (Å²) in [6.07, 6.45) is 0.554. The lowest BCUT2D eigenvalue weighted by atomic mass is 10.1. The van der Waals surface area contributed by atoms with Crippen molar-refractivity contribution < 1.29 is 14.3 Å². The number of carbonyl (C=O) groups excluding carboxylic acids is 1. The lowest BCUT2D eigenvalue weighted by molar-refractivity contribution is -0.130. The Morgan fingerprint density at radius 2 is 1.92 bits per heavy atom. The fourth-order valence-corrected chi connectivity index (χ4v) is 2.90. The van der Waals surface area contributed by atoms with Gasteiger partial charge in [0.2, 0.25) is 5.91 Å². The van der Waals surface area contributed by atoms with Crippen LogP contribution in [-0.4, -0.2) is 28.3 Å². The largest absolute Gasteiger partial charge is 0.508 e. The van der Waals surface area contributed by atoms with Crippen LogP contribution < -0.4 is 0 Å². The Labute approximate surface area is 148 Å². The minimum absolute atomic E-state index is 0.0563. The van der Waals surface area contributed by atoms with Crippen LogP contribution >= 0.6 is 23.2 Å². The number of carbonyl (C=O) groups is 1. The molecule has 2 aromatic rings. The van der Waals surface area contributed by atoms with E-state index >= 15 is 0 Å². The fourth-order valence-electron chi connectivity index (χ4n) is 2.45. The average molecular weight is 367 g/mol. The van der Waals surface area contributed by atoms with Gasteiger partial charge in [0.15, 0.2) is 0 Å². The molecule has 1 N–H and O–H groups in total. The van der Waals surface area contributed by atoms with Crippen LogP contribution in [0.1, 0.15) is 17.5 Å². The molecule has 124 valence electrons. The number of halogens is 3. The van der Waals surface area contributed by atoms with Crippen LogP contribution in [0, 0.1) is 5.82 Å². The molecule has 1 aliphatic heterocycles. The van der Waals surface area contributed by atoms with Gasteiger partial charge in [0.25, 0.3) is 0 Å². The summed E-state index contributed by atoms with van der Waals surface area (Å²) in [5.41, 5.74) is 1.98. The van der Waals surface area contributed by atoms with Crippen molar-refractivity contribution in [3.8, 4) is 5.75 Å². The van der Waals surface area contributed by atoms with Crippen molar-refractivity contribution in [2.75, 3.05) is 6.54 Å². The highest BCUT2D eigenvalue weighted by Gasteiger charge is 2.22. The third kappa shape index (κ3) is 3.52. The Balaban J connectivity index is 1.75. The summed E-state index contributed by atoms with van der Waals surface area (Å²) in [6, 6.07) is 9.08. The van der Waals surface area contributed by atoms with Crippen molar-refractivity contribution in [1.29, 1.82) is 0 Å². The SMILES string of the molecule is O=C(Cc1cc(F)c(Cl)cc1Cl)N1CCC(c2ccc(O)cc2)=N1. The summed E-state index contributed by atoms with van der Waals surface area (Å²) >= 11 is 11.7. The van der Waals surface area contributed by atoms with Gasteiger partial charge in [-0.1, -0.05) is 23.2 Å². The van der Waals surface area contributed by atoms with Crippen LogP contribution in [0.4, 0.5) is 4.39 Å². The maximum absolute atomic E-state index is 13.5. The third-order valence-corrected chi connectivity index (χ3v) is 4.36. The average Bonchev–Trinajstić information content (AvgIpc) is 3.03.